The van der Waals surface area contributed by atoms with Crippen LogP contribution in [0.4, 0.5) is 5.69 Å². The van der Waals surface area contributed by atoms with E-state index in [1.807, 2.05) is 30.3 Å². The summed E-state index contributed by atoms with van der Waals surface area (Å²) >= 11 is 1.35. The Bertz CT molecular complexity index is 520. The van der Waals surface area contributed by atoms with E-state index in [9.17, 15) is 4.79 Å². The minimum atomic E-state index is -0.385. The third-order valence-electron chi connectivity index (χ3n) is 2.19. The normalized spacial score (nSPS) is 9.42. The largest absolute Gasteiger partial charge is 0.465 e. The van der Waals surface area contributed by atoms with Gasteiger partial charge in [-0.25, -0.2) is 4.79 Å². The van der Waals surface area contributed by atoms with Gasteiger partial charge in [-0.15, -0.1) is 11.3 Å². The molecule has 0 aliphatic rings. The van der Waals surface area contributed by atoms with Crippen LogP contribution in [0, 0.1) is 0 Å². The number of ether oxygens (including phenoxy) is 1. The monoisotopic (exact) mass is 277 g/mol. The number of nitrogens with two attached hydrogens (primary N) is 1. The fraction of sp³-hybridized carbons (Fsp3) is 0.267. The summed E-state index contributed by atoms with van der Waals surface area (Å²) in [5.74, 6) is -0.385. The number of anilines is 1. The predicted octanol–water partition coefficient (Wildman–Crippen LogP) is 4.20. The van der Waals surface area contributed by atoms with E-state index in [0.29, 0.717) is 10.6 Å². The van der Waals surface area contributed by atoms with Crippen molar-refractivity contribution in [3.05, 3.63) is 41.3 Å². The smallest absolute Gasteiger partial charge is 0.350 e. The van der Waals surface area contributed by atoms with E-state index in [2.05, 4.69) is 18.6 Å². The number of methoxy groups -OCH3 is 1. The molecule has 0 amide bonds. The van der Waals surface area contributed by atoms with Crippen LogP contribution in [0.25, 0.3) is 10.4 Å². The van der Waals surface area contributed by atoms with Crippen LogP contribution in [-0.4, -0.2) is 13.1 Å². The van der Waals surface area contributed by atoms with Crippen LogP contribution in [-0.2, 0) is 4.74 Å². The summed E-state index contributed by atoms with van der Waals surface area (Å²) < 4.78 is 4.66. The molecule has 1 aromatic heterocycles. The summed E-state index contributed by atoms with van der Waals surface area (Å²) in [7, 11) is 1.35. The zero-order valence-electron chi connectivity index (χ0n) is 11.5. The quantitative estimate of drug-likeness (QED) is 0.837. The van der Waals surface area contributed by atoms with Crippen LogP contribution in [0.5, 0.6) is 0 Å². The predicted molar refractivity (Wildman–Crippen MR) is 81.5 cm³/mol. The Morgan fingerprint density at radius 2 is 1.84 bits per heavy atom. The second-order valence-corrected chi connectivity index (χ2v) is 5.01. The van der Waals surface area contributed by atoms with E-state index in [-0.39, 0.29) is 5.97 Å². The Hall–Kier alpha value is -1.81. The molecule has 0 aliphatic heterocycles. The Labute approximate surface area is 118 Å². The summed E-state index contributed by atoms with van der Waals surface area (Å²) in [4.78, 5) is 12.8. The molecule has 0 spiro atoms. The molecule has 4 heteroatoms. The lowest BCUT2D eigenvalue weighted by Gasteiger charge is -1.95. The van der Waals surface area contributed by atoms with Gasteiger partial charge in [-0.2, -0.15) is 0 Å². The standard InChI is InChI=1S/C12H11NO2S.C3H8/c1-15-12(14)11-9(13)7-10(16-11)8-5-3-2-4-6-8;1-3-2/h2-7H,13H2,1H3;3H2,1-2H3. The van der Waals surface area contributed by atoms with Gasteiger partial charge in [-0.05, 0) is 11.6 Å². The minimum absolute atomic E-state index is 0.385. The molecular weight excluding hydrogens is 258 g/mol. The highest BCUT2D eigenvalue weighted by molar-refractivity contribution is 7.18. The third kappa shape index (κ3) is 4.10. The lowest BCUT2D eigenvalue weighted by molar-refractivity contribution is 0.0607. The molecule has 0 unspecified atom stereocenters. The van der Waals surface area contributed by atoms with Gasteiger partial charge in [0.05, 0.1) is 12.8 Å². The zero-order valence-corrected chi connectivity index (χ0v) is 12.3. The highest BCUT2D eigenvalue weighted by Crippen LogP contribution is 2.33. The van der Waals surface area contributed by atoms with Crippen LogP contribution in [0.2, 0.25) is 0 Å². The first-order valence-corrected chi connectivity index (χ1v) is 6.98. The van der Waals surface area contributed by atoms with E-state index in [0.717, 1.165) is 10.4 Å². The Morgan fingerprint density at radius 3 is 2.37 bits per heavy atom. The molecule has 0 bridgehead atoms. The van der Waals surface area contributed by atoms with Crippen molar-refractivity contribution in [1.29, 1.82) is 0 Å². The first-order valence-electron chi connectivity index (χ1n) is 6.17. The lowest BCUT2D eigenvalue weighted by Crippen LogP contribution is -2.00. The van der Waals surface area contributed by atoms with Gasteiger partial charge in [0, 0.05) is 4.88 Å². The number of esters is 1. The Balaban J connectivity index is 0.000000550. The topological polar surface area (TPSA) is 52.3 Å². The molecule has 0 radical (unpaired) electrons. The van der Waals surface area contributed by atoms with Gasteiger partial charge in [-0.1, -0.05) is 50.6 Å². The summed E-state index contributed by atoms with van der Waals surface area (Å²) in [6.07, 6.45) is 1.25. The Kier molecular flexibility index (Phi) is 6.09. The maximum absolute atomic E-state index is 11.4. The Morgan fingerprint density at radius 1 is 1.26 bits per heavy atom. The van der Waals surface area contributed by atoms with Gasteiger partial charge in [0.15, 0.2) is 0 Å². The van der Waals surface area contributed by atoms with Gasteiger partial charge in [0.25, 0.3) is 0 Å². The van der Waals surface area contributed by atoms with Crippen molar-refractivity contribution in [2.75, 3.05) is 12.8 Å². The fourth-order valence-electron chi connectivity index (χ4n) is 1.40. The highest BCUT2D eigenvalue weighted by Gasteiger charge is 2.15. The molecule has 3 nitrogen and oxygen atoms in total. The number of thiophene rings is 1. The van der Waals surface area contributed by atoms with Crippen LogP contribution in [0.3, 0.4) is 0 Å². The average Bonchev–Trinajstić information content (AvgIpc) is 2.82. The van der Waals surface area contributed by atoms with Crippen molar-refractivity contribution in [1.82, 2.24) is 0 Å². The molecule has 102 valence electrons. The number of hydrogen-bond donors (Lipinski definition) is 1. The molecular formula is C15H19NO2S. The lowest BCUT2D eigenvalue weighted by atomic mass is 10.2. The molecule has 2 N–H and O–H groups in total. The van der Waals surface area contributed by atoms with Gasteiger partial charge >= 0.3 is 5.97 Å². The molecule has 0 saturated heterocycles. The van der Waals surface area contributed by atoms with Gasteiger partial charge < -0.3 is 10.5 Å². The van der Waals surface area contributed by atoms with Crippen LogP contribution < -0.4 is 5.73 Å². The average molecular weight is 277 g/mol. The van der Waals surface area contributed by atoms with E-state index >= 15 is 0 Å². The second-order valence-electron chi connectivity index (χ2n) is 3.96. The van der Waals surface area contributed by atoms with Crippen molar-refractivity contribution in [2.24, 2.45) is 0 Å². The molecule has 0 saturated carbocycles. The molecule has 1 aromatic carbocycles. The van der Waals surface area contributed by atoms with Gasteiger partial charge in [-0.3, -0.25) is 0 Å². The van der Waals surface area contributed by atoms with Crippen LogP contribution in [0.1, 0.15) is 29.9 Å². The van der Waals surface area contributed by atoms with E-state index in [4.69, 9.17) is 5.73 Å². The number of nitrogen functional groups attached to an aromatic ring is 1. The van der Waals surface area contributed by atoms with Crippen molar-refractivity contribution in [3.63, 3.8) is 0 Å². The SMILES string of the molecule is CCC.COC(=O)c1sc(-c2ccccc2)cc1N. The minimum Gasteiger partial charge on any atom is -0.465 e. The molecule has 0 aliphatic carbocycles. The fourth-order valence-corrected chi connectivity index (χ4v) is 2.41. The number of rotatable bonds is 2. The summed E-state index contributed by atoms with van der Waals surface area (Å²) in [6.45, 7) is 4.25. The number of carbonyl (C=O) groups excluding carboxylic acids is 1. The summed E-state index contributed by atoms with van der Waals surface area (Å²) in [5, 5.41) is 0. The highest BCUT2D eigenvalue weighted by atomic mass is 32.1. The summed E-state index contributed by atoms with van der Waals surface area (Å²) in [6, 6.07) is 11.6. The third-order valence-corrected chi connectivity index (χ3v) is 3.37. The van der Waals surface area contributed by atoms with Crippen molar-refractivity contribution >= 4 is 23.0 Å². The maximum Gasteiger partial charge on any atom is 0.350 e. The first kappa shape index (κ1) is 15.2. The van der Waals surface area contributed by atoms with Crippen molar-refractivity contribution in [2.45, 2.75) is 20.3 Å². The second kappa shape index (κ2) is 7.59. The molecule has 1 heterocycles. The van der Waals surface area contributed by atoms with Crippen LogP contribution >= 0.6 is 11.3 Å². The molecule has 2 rings (SSSR count). The van der Waals surface area contributed by atoms with Gasteiger partial charge in [0.2, 0.25) is 0 Å². The van der Waals surface area contributed by atoms with Crippen molar-refractivity contribution in [3.8, 4) is 10.4 Å². The number of hydrogen-bond acceptors (Lipinski definition) is 4. The number of benzene rings is 1. The van der Waals surface area contributed by atoms with Crippen molar-refractivity contribution < 1.29 is 9.53 Å². The van der Waals surface area contributed by atoms with Gasteiger partial charge in [0.1, 0.15) is 4.88 Å². The summed E-state index contributed by atoms with van der Waals surface area (Å²) in [5.41, 5.74) is 7.28. The maximum atomic E-state index is 11.4. The van der Waals surface area contributed by atoms with E-state index in [1.165, 1.54) is 24.9 Å². The van der Waals surface area contributed by atoms with E-state index < -0.39 is 0 Å². The van der Waals surface area contributed by atoms with E-state index in [1.54, 1.807) is 6.07 Å². The first-order chi connectivity index (χ1) is 9.13. The molecule has 2 aromatic rings. The number of carbonyl (C=O) groups is 1. The zero-order chi connectivity index (χ0) is 14.3. The molecule has 19 heavy (non-hydrogen) atoms. The molecule has 0 fully saturated rings. The molecule has 0 atom stereocenters. The van der Waals surface area contributed by atoms with Crippen LogP contribution in [0.15, 0.2) is 36.4 Å².